The fourth-order valence-electron chi connectivity index (χ4n) is 6.80. The van der Waals surface area contributed by atoms with Crippen LogP contribution >= 0.6 is 7.92 Å². The molecule has 0 atom stereocenters. The summed E-state index contributed by atoms with van der Waals surface area (Å²) in [5.41, 5.74) is -2.70. The molecule has 2 aromatic rings. The van der Waals surface area contributed by atoms with Crippen LogP contribution < -0.4 is 5.30 Å². The van der Waals surface area contributed by atoms with Crippen LogP contribution in [0.5, 0.6) is 0 Å². The maximum absolute atomic E-state index is 11.4. The van der Waals surface area contributed by atoms with E-state index in [9.17, 15) is 43.2 Å². The minimum atomic E-state index is -6.72. The molecule has 2 aliphatic carbocycles. The Kier molecular flexibility index (Phi) is 18.5. The van der Waals surface area contributed by atoms with Crippen molar-refractivity contribution < 1.29 is 65.6 Å². The Labute approximate surface area is 318 Å². The van der Waals surface area contributed by atoms with Gasteiger partial charge in [0.25, 0.3) is 0 Å². The van der Waals surface area contributed by atoms with Crippen LogP contribution in [0.15, 0.2) is 36.4 Å². The Hall–Kier alpha value is -0.950. The molecule has 4 rings (SSSR count). The van der Waals surface area contributed by atoms with E-state index in [1.165, 1.54) is 69.8 Å². The van der Waals surface area contributed by atoms with E-state index < -0.39 is 31.1 Å². The molecule has 2 saturated carbocycles. The Bertz CT molecular complexity index is 1530. The second-order valence-corrected chi connectivity index (χ2v) is 20.1. The van der Waals surface area contributed by atoms with Crippen molar-refractivity contribution in [2.24, 2.45) is 0 Å². The van der Waals surface area contributed by atoms with Gasteiger partial charge >= 0.3 is 33.4 Å². The Morgan fingerprint density at radius 3 is 1.35 bits per heavy atom. The number of nitrogens with zero attached hydrogens (tertiary/aromatic N) is 1. The number of halogens is 6. The van der Waals surface area contributed by atoms with Crippen LogP contribution in [0.1, 0.15) is 140 Å². The SMILES string of the molecule is CC(C)c1cc(C(C)C)c(-c2ccccc2P(C2CCCCC2)C2CCCCC2)c(C(C)C)c1.O=S(=O)([N-]S(=O)(=O)C(F)(F)F)C(F)(F)F.[Au+].[CH3-]. The zero-order chi connectivity index (χ0) is 36.9. The predicted molar refractivity (Wildman–Crippen MR) is 194 cm³/mol. The maximum atomic E-state index is 11.4. The van der Waals surface area contributed by atoms with Gasteiger partial charge in [-0.1, -0.05) is 124 Å². The first-order valence-electron chi connectivity index (χ1n) is 17.0. The van der Waals surface area contributed by atoms with Crippen molar-refractivity contribution in [3.05, 3.63) is 64.6 Å². The van der Waals surface area contributed by atoms with Crippen LogP contribution in [0.2, 0.25) is 0 Å². The van der Waals surface area contributed by atoms with E-state index in [1.54, 1.807) is 27.6 Å². The largest absolute Gasteiger partial charge is 1.00 e. The van der Waals surface area contributed by atoms with Crippen molar-refractivity contribution in [1.82, 2.24) is 0 Å². The van der Waals surface area contributed by atoms with E-state index in [1.807, 2.05) is 0 Å². The average molecular weight is 969 g/mol. The molecule has 296 valence electrons. The first kappa shape index (κ1) is 48.1. The average Bonchev–Trinajstić information content (AvgIpc) is 3.00. The van der Waals surface area contributed by atoms with Crippen LogP contribution in [0.4, 0.5) is 26.3 Å². The summed E-state index contributed by atoms with van der Waals surface area (Å²) in [5, 5.41) is 1.75. The van der Waals surface area contributed by atoms with Crippen molar-refractivity contribution >= 4 is 33.3 Å². The van der Waals surface area contributed by atoms with Crippen molar-refractivity contribution in [2.45, 2.75) is 146 Å². The first-order valence-corrected chi connectivity index (χ1v) is 21.4. The van der Waals surface area contributed by atoms with Gasteiger partial charge in [-0.05, 0) is 87.9 Å². The molecule has 0 amide bonds. The van der Waals surface area contributed by atoms with Crippen LogP contribution in [0, 0.1) is 7.43 Å². The smallest absolute Gasteiger partial charge is 0.421 e. The summed E-state index contributed by atoms with van der Waals surface area (Å²) in [6.07, 6.45) is 14.6. The third-order valence-corrected chi connectivity index (χ3v) is 15.6. The summed E-state index contributed by atoms with van der Waals surface area (Å²) in [4.78, 5) is 0. The fraction of sp³-hybridized carbons (Fsp3) is 0.639. The second kappa shape index (κ2) is 19.6. The molecule has 0 bridgehead atoms. The van der Waals surface area contributed by atoms with E-state index in [2.05, 4.69) is 77.9 Å². The van der Waals surface area contributed by atoms with Gasteiger partial charge < -0.3 is 11.6 Å². The minimum absolute atomic E-state index is 0. The van der Waals surface area contributed by atoms with Crippen molar-refractivity contribution in [2.75, 3.05) is 0 Å². The van der Waals surface area contributed by atoms with Gasteiger partial charge in [0, 0.05) is 0 Å². The molecule has 2 aromatic carbocycles. The molecule has 0 radical (unpaired) electrons. The third-order valence-electron chi connectivity index (χ3n) is 9.30. The molecule has 0 aliphatic heterocycles. The maximum Gasteiger partial charge on any atom is 1.00 e. The van der Waals surface area contributed by atoms with Crippen LogP contribution in [-0.4, -0.2) is 39.2 Å². The summed E-state index contributed by atoms with van der Waals surface area (Å²) in [6, 6.07) is 14.8. The fourth-order valence-corrected chi connectivity index (χ4v) is 12.5. The van der Waals surface area contributed by atoms with Gasteiger partial charge in [-0.25, -0.2) is 16.8 Å². The molecule has 0 heterocycles. The van der Waals surface area contributed by atoms with E-state index >= 15 is 0 Å². The zero-order valence-corrected chi connectivity index (χ0v) is 35.0. The number of hydrogen-bond donors (Lipinski definition) is 0. The standard InChI is InChI=1S/C33H49P.C2F6NO4S2.CH3.Au/c1-23(2)26-21-30(24(3)4)33(31(22-26)25(5)6)29-19-13-14-20-32(29)34(27-15-9-7-10-16-27)28-17-11-8-12-18-28;3-1(4,5)14(10,11)9-15(12,13)2(6,7)8;;/h13-14,19-25,27-28H,7-12,15-18H2,1-6H3;;1H3;/q;2*-1;+1. The molecular formula is C36H52AuF6NO4PS2-. The second-order valence-electron chi connectivity index (χ2n) is 14.0. The molecule has 51 heavy (non-hydrogen) atoms. The molecule has 0 unspecified atom stereocenters. The minimum Gasteiger partial charge on any atom is -0.421 e. The molecule has 2 fully saturated rings. The van der Waals surface area contributed by atoms with E-state index in [0.717, 1.165) is 15.4 Å². The van der Waals surface area contributed by atoms with Gasteiger partial charge in [-0.15, -0.1) is 0 Å². The number of sulfonamides is 2. The van der Waals surface area contributed by atoms with Crippen molar-refractivity contribution in [3.8, 4) is 11.1 Å². The van der Waals surface area contributed by atoms with Crippen LogP contribution in [-0.2, 0) is 42.4 Å². The molecular weight excluding hydrogens is 916 g/mol. The van der Waals surface area contributed by atoms with E-state index in [0.29, 0.717) is 17.8 Å². The van der Waals surface area contributed by atoms with Crippen molar-refractivity contribution in [3.63, 3.8) is 0 Å². The Morgan fingerprint density at radius 1 is 0.647 bits per heavy atom. The van der Waals surface area contributed by atoms with Gasteiger partial charge in [0.05, 0.1) is 0 Å². The monoisotopic (exact) mass is 968 g/mol. The molecule has 5 nitrogen and oxygen atoms in total. The first-order chi connectivity index (χ1) is 22.6. The van der Waals surface area contributed by atoms with Gasteiger partial charge in [-0.3, -0.25) is 0 Å². The predicted octanol–water partition coefficient (Wildman–Crippen LogP) is 12.0. The van der Waals surface area contributed by atoms with Gasteiger partial charge in [0.2, 0.25) is 0 Å². The van der Waals surface area contributed by atoms with E-state index in [4.69, 9.17) is 0 Å². The number of hydrogen-bond acceptors (Lipinski definition) is 4. The van der Waals surface area contributed by atoms with Gasteiger partial charge in [-0.2, -0.15) is 26.3 Å². The molecule has 0 N–H and O–H groups in total. The summed E-state index contributed by atoms with van der Waals surface area (Å²) < 4.78 is 109. The Morgan fingerprint density at radius 2 is 1.02 bits per heavy atom. The van der Waals surface area contributed by atoms with Crippen LogP contribution in [0.3, 0.4) is 0 Å². The number of benzene rings is 2. The normalized spacial score (nSPS) is 16.9. The molecule has 0 spiro atoms. The molecule has 15 heteroatoms. The van der Waals surface area contributed by atoms with Gasteiger partial charge in [0.1, 0.15) is 0 Å². The zero-order valence-electron chi connectivity index (χ0n) is 30.3. The quantitative estimate of drug-likeness (QED) is 0.108. The topological polar surface area (TPSA) is 82.4 Å². The van der Waals surface area contributed by atoms with Gasteiger partial charge in [0.15, 0.2) is 20.0 Å². The van der Waals surface area contributed by atoms with Crippen LogP contribution in [0.25, 0.3) is 15.3 Å². The summed E-state index contributed by atoms with van der Waals surface area (Å²) in [7, 11) is -13.6. The van der Waals surface area contributed by atoms with E-state index in [-0.39, 0.29) is 37.7 Å². The third kappa shape index (κ3) is 12.3. The molecule has 2 aliphatic rings. The Balaban J connectivity index is 0.000000654. The summed E-state index contributed by atoms with van der Waals surface area (Å²) in [6.45, 7) is 14.3. The summed E-state index contributed by atoms with van der Waals surface area (Å²) >= 11 is 0. The summed E-state index contributed by atoms with van der Waals surface area (Å²) in [5.74, 6) is 1.64. The molecule has 0 aromatic heterocycles. The number of rotatable bonds is 9. The molecule has 0 saturated heterocycles. The van der Waals surface area contributed by atoms with Crippen molar-refractivity contribution in [1.29, 1.82) is 0 Å². The number of alkyl halides is 6.